The first-order valence-electron chi connectivity index (χ1n) is 12.3. The number of likely N-dealkylation sites (N-methyl/N-ethyl adjacent to an activating group) is 4. The summed E-state index contributed by atoms with van der Waals surface area (Å²) in [7, 11) is 11.5. The minimum atomic E-state index is 1.16. The third kappa shape index (κ3) is 11.4. The fraction of sp³-hybridized carbons (Fsp3) is 1.00. The Hall–Kier alpha value is -0.280. The molecule has 2 aliphatic heterocycles. The number of hydrogen-bond donors (Lipinski definition) is 0. The zero-order valence-corrected chi connectivity index (χ0v) is 20.9. The maximum atomic E-state index is 2.70. The van der Waals surface area contributed by atoms with Crippen LogP contribution in [0.4, 0.5) is 0 Å². The van der Waals surface area contributed by atoms with Crippen molar-refractivity contribution < 1.29 is 0 Å². The molecule has 2 aliphatic rings. The molecule has 0 N–H and O–H groups in total. The van der Waals surface area contributed by atoms with Gasteiger partial charge in [-0.15, -0.1) is 0 Å². The molecule has 0 spiro atoms. The molecule has 2 saturated heterocycles. The number of fused-ring (bicyclic) bond motifs is 6. The Labute approximate surface area is 187 Å². The molecule has 0 saturated carbocycles. The SMILES string of the molecule is CN1CCCN2CCN(C)CCN(C)CCN(C)CCN(CCC1)CCN(C)CC2. The molecule has 0 aliphatic carbocycles. The molecule has 2 atom stereocenters. The molecule has 0 aromatic carbocycles. The van der Waals surface area contributed by atoms with E-state index in [0.717, 1.165) is 26.2 Å². The first-order valence-corrected chi connectivity index (χ1v) is 12.3. The molecule has 7 heteroatoms. The van der Waals surface area contributed by atoms with Crippen molar-refractivity contribution in [3.05, 3.63) is 0 Å². The Balaban J connectivity index is 2.05. The Morgan fingerprint density at radius 2 is 0.500 bits per heavy atom. The van der Waals surface area contributed by atoms with Gasteiger partial charge in [-0.05, 0) is 74.3 Å². The van der Waals surface area contributed by atoms with Crippen LogP contribution in [0.15, 0.2) is 0 Å². The lowest BCUT2D eigenvalue weighted by Crippen LogP contribution is -2.44. The molecule has 178 valence electrons. The van der Waals surface area contributed by atoms with Crippen molar-refractivity contribution in [3.63, 3.8) is 0 Å². The molecule has 2 fully saturated rings. The Bertz CT molecular complexity index is 396. The van der Waals surface area contributed by atoms with Crippen LogP contribution in [0.5, 0.6) is 0 Å². The monoisotopic (exact) mass is 425 g/mol. The fourth-order valence-electron chi connectivity index (χ4n) is 4.29. The lowest BCUT2D eigenvalue weighted by atomic mass is 10.3. The first kappa shape index (κ1) is 26.0. The molecule has 2 heterocycles. The smallest absolute Gasteiger partial charge is 0.0110 e. The second-order valence-electron chi connectivity index (χ2n) is 9.91. The van der Waals surface area contributed by atoms with E-state index >= 15 is 0 Å². The molecular weight excluding hydrogens is 374 g/mol. The molecule has 30 heavy (non-hydrogen) atoms. The predicted molar refractivity (Wildman–Crippen MR) is 130 cm³/mol. The highest BCUT2D eigenvalue weighted by Crippen LogP contribution is 2.02. The second-order valence-corrected chi connectivity index (χ2v) is 9.91. The Kier molecular flexibility index (Phi) is 12.7. The third-order valence-electron chi connectivity index (χ3n) is 6.95. The Morgan fingerprint density at radius 1 is 0.267 bits per heavy atom. The highest BCUT2D eigenvalue weighted by molar-refractivity contribution is 4.70. The van der Waals surface area contributed by atoms with E-state index in [1.807, 2.05) is 0 Å². The van der Waals surface area contributed by atoms with Crippen LogP contribution >= 0.6 is 0 Å². The van der Waals surface area contributed by atoms with Crippen LogP contribution < -0.4 is 0 Å². The van der Waals surface area contributed by atoms with Gasteiger partial charge in [0.25, 0.3) is 0 Å². The first-order chi connectivity index (χ1) is 14.4. The van der Waals surface area contributed by atoms with Crippen molar-refractivity contribution >= 4 is 0 Å². The third-order valence-corrected chi connectivity index (χ3v) is 6.95. The summed E-state index contributed by atoms with van der Waals surface area (Å²) in [5.74, 6) is 0. The number of hydrogen-bond acceptors (Lipinski definition) is 7. The fourth-order valence-corrected chi connectivity index (χ4v) is 4.29. The summed E-state index contributed by atoms with van der Waals surface area (Å²) in [5, 5.41) is 0. The summed E-state index contributed by atoms with van der Waals surface area (Å²) in [4.78, 5) is 18.0. The summed E-state index contributed by atoms with van der Waals surface area (Å²) in [5.41, 5.74) is 0. The zero-order chi connectivity index (χ0) is 21.8. The molecule has 0 aromatic heterocycles. The van der Waals surface area contributed by atoms with Gasteiger partial charge in [-0.3, -0.25) is 0 Å². The van der Waals surface area contributed by atoms with E-state index in [4.69, 9.17) is 0 Å². The summed E-state index contributed by atoms with van der Waals surface area (Å²) < 4.78 is 0. The molecule has 2 bridgehead atoms. The van der Waals surface area contributed by atoms with Crippen LogP contribution in [0.3, 0.4) is 0 Å². The van der Waals surface area contributed by atoms with Gasteiger partial charge in [0.05, 0.1) is 0 Å². The van der Waals surface area contributed by atoms with Gasteiger partial charge in [-0.2, -0.15) is 0 Å². The van der Waals surface area contributed by atoms with Gasteiger partial charge in [0.1, 0.15) is 0 Å². The average Bonchev–Trinajstić information content (AvgIpc) is 2.72. The highest BCUT2D eigenvalue weighted by atomic mass is 15.3. The van der Waals surface area contributed by atoms with Gasteiger partial charge in [-0.1, -0.05) is 0 Å². The summed E-state index contributed by atoms with van der Waals surface area (Å²) >= 11 is 0. The van der Waals surface area contributed by atoms with Crippen molar-refractivity contribution in [2.45, 2.75) is 12.8 Å². The van der Waals surface area contributed by atoms with Crippen LogP contribution in [0.25, 0.3) is 0 Å². The van der Waals surface area contributed by atoms with Gasteiger partial charge in [-0.25, -0.2) is 0 Å². The number of rotatable bonds is 0. The van der Waals surface area contributed by atoms with E-state index in [1.54, 1.807) is 0 Å². The topological polar surface area (TPSA) is 22.7 Å². The van der Waals surface area contributed by atoms with E-state index in [0.29, 0.717) is 0 Å². The zero-order valence-electron chi connectivity index (χ0n) is 20.9. The summed E-state index contributed by atoms with van der Waals surface area (Å²) in [6.45, 7) is 19.0. The van der Waals surface area contributed by atoms with E-state index < -0.39 is 0 Å². The molecule has 0 radical (unpaired) electrons. The Morgan fingerprint density at radius 3 is 0.800 bits per heavy atom. The average molecular weight is 426 g/mol. The van der Waals surface area contributed by atoms with Crippen molar-refractivity contribution in [3.8, 4) is 0 Å². The molecule has 2 rings (SSSR count). The van der Waals surface area contributed by atoms with Crippen LogP contribution in [0, 0.1) is 0 Å². The minimum absolute atomic E-state index is 1.16. The van der Waals surface area contributed by atoms with Crippen LogP contribution in [-0.2, 0) is 0 Å². The number of nitrogens with zero attached hydrogens (tertiary/aromatic N) is 7. The van der Waals surface area contributed by atoms with E-state index in [2.05, 4.69) is 69.5 Å². The maximum absolute atomic E-state index is 2.70. The van der Waals surface area contributed by atoms with Crippen LogP contribution in [0.2, 0.25) is 0 Å². The molecule has 7 nitrogen and oxygen atoms in total. The van der Waals surface area contributed by atoms with Crippen LogP contribution in [0.1, 0.15) is 12.8 Å². The largest absolute Gasteiger partial charge is 0.306 e. The van der Waals surface area contributed by atoms with Crippen molar-refractivity contribution in [2.75, 3.05) is 140 Å². The van der Waals surface area contributed by atoms with Crippen molar-refractivity contribution in [2.24, 2.45) is 0 Å². The van der Waals surface area contributed by atoms with Gasteiger partial charge >= 0.3 is 0 Å². The van der Waals surface area contributed by atoms with E-state index in [9.17, 15) is 0 Å². The molecule has 2 unspecified atom stereocenters. The van der Waals surface area contributed by atoms with Gasteiger partial charge < -0.3 is 34.3 Å². The van der Waals surface area contributed by atoms with Gasteiger partial charge in [0, 0.05) is 78.5 Å². The normalized spacial score (nSPS) is 31.1. The summed E-state index contributed by atoms with van der Waals surface area (Å²) in [6, 6.07) is 0. The highest BCUT2D eigenvalue weighted by Gasteiger charge is 2.14. The van der Waals surface area contributed by atoms with Crippen LogP contribution in [-0.4, -0.2) is 174 Å². The van der Waals surface area contributed by atoms with Crippen molar-refractivity contribution in [1.82, 2.24) is 34.3 Å². The molecular formula is C23H51N7. The standard InChI is InChI=1S/C23H51N7/c1-24-8-6-10-29-20-16-26(3)14-12-25(2)13-15-27(4)17-21-30(11-7-9-24)23-19-28(5)18-22-29/h6-23H2,1-5H3. The van der Waals surface area contributed by atoms with Crippen molar-refractivity contribution in [1.29, 1.82) is 0 Å². The summed E-state index contributed by atoms with van der Waals surface area (Å²) in [6.07, 6.45) is 2.56. The predicted octanol–water partition coefficient (Wildman–Crippen LogP) is 0.0568. The second kappa shape index (κ2) is 14.7. The molecule has 0 amide bonds. The lowest BCUT2D eigenvalue weighted by molar-refractivity contribution is 0.150. The minimum Gasteiger partial charge on any atom is -0.306 e. The van der Waals surface area contributed by atoms with Gasteiger partial charge in [0.2, 0.25) is 0 Å². The quantitative estimate of drug-likeness (QED) is 0.506. The van der Waals surface area contributed by atoms with Gasteiger partial charge in [0.15, 0.2) is 0 Å². The molecule has 0 aromatic rings. The lowest BCUT2D eigenvalue weighted by Gasteiger charge is -2.32. The van der Waals surface area contributed by atoms with E-state index in [1.165, 1.54) is 91.4 Å². The maximum Gasteiger partial charge on any atom is 0.0110 e. The van der Waals surface area contributed by atoms with E-state index in [-0.39, 0.29) is 0 Å².